The van der Waals surface area contributed by atoms with Crippen molar-refractivity contribution in [1.29, 1.82) is 0 Å². The smallest absolute Gasteiger partial charge is 0.307 e. The summed E-state index contributed by atoms with van der Waals surface area (Å²) in [6.07, 6.45) is 0.923. The largest absolute Gasteiger partial charge is 0.497 e. The van der Waals surface area contributed by atoms with Crippen molar-refractivity contribution in [3.05, 3.63) is 35.4 Å². The minimum atomic E-state index is -0.915. The molecule has 1 aliphatic carbocycles. The lowest BCUT2D eigenvalue weighted by atomic mass is 9.76. The normalized spacial score (nSPS) is 21.4. The maximum Gasteiger partial charge on any atom is 0.307 e. The Balaban J connectivity index is 2.14. The zero-order valence-electron chi connectivity index (χ0n) is 13.1. The van der Waals surface area contributed by atoms with Gasteiger partial charge in [-0.1, -0.05) is 11.1 Å². The van der Waals surface area contributed by atoms with Crippen LogP contribution in [0.15, 0.2) is 35.4 Å². The summed E-state index contributed by atoms with van der Waals surface area (Å²) in [6, 6.07) is 6.98. The van der Waals surface area contributed by atoms with E-state index < -0.39 is 17.8 Å². The SMILES string of the molecule is COc1ccc(NC(=O)C2CC(C)=C(C)CC2C(=O)O)cc1. The lowest BCUT2D eigenvalue weighted by Gasteiger charge is -2.29. The van der Waals surface area contributed by atoms with E-state index in [1.165, 1.54) is 0 Å². The Hall–Kier alpha value is -2.30. The number of amides is 1. The summed E-state index contributed by atoms with van der Waals surface area (Å²) in [6.45, 7) is 3.89. The first-order valence-corrected chi connectivity index (χ1v) is 7.25. The van der Waals surface area contributed by atoms with Crippen LogP contribution in [0, 0.1) is 11.8 Å². The molecule has 2 atom stereocenters. The minimum Gasteiger partial charge on any atom is -0.497 e. The molecule has 1 aliphatic rings. The van der Waals surface area contributed by atoms with Gasteiger partial charge in [0.2, 0.25) is 5.91 Å². The minimum absolute atomic E-state index is 0.246. The highest BCUT2D eigenvalue weighted by atomic mass is 16.5. The molecule has 0 saturated carbocycles. The molecule has 1 aromatic rings. The number of rotatable bonds is 4. The molecule has 2 rings (SSSR count). The van der Waals surface area contributed by atoms with Gasteiger partial charge in [-0.05, 0) is 51.0 Å². The number of allylic oxidation sites excluding steroid dienone is 2. The van der Waals surface area contributed by atoms with Crippen molar-refractivity contribution in [3.8, 4) is 5.75 Å². The molecule has 0 spiro atoms. The Morgan fingerprint density at radius 3 is 2.14 bits per heavy atom. The summed E-state index contributed by atoms with van der Waals surface area (Å²) in [5.74, 6) is -1.66. The van der Waals surface area contributed by atoms with Gasteiger partial charge in [-0.3, -0.25) is 9.59 Å². The average molecular weight is 303 g/mol. The van der Waals surface area contributed by atoms with Gasteiger partial charge in [-0.15, -0.1) is 0 Å². The summed E-state index contributed by atoms with van der Waals surface area (Å²) < 4.78 is 5.07. The number of benzene rings is 1. The number of anilines is 1. The monoisotopic (exact) mass is 303 g/mol. The Bertz CT molecular complexity index is 604. The van der Waals surface area contributed by atoms with E-state index in [0.29, 0.717) is 24.3 Å². The van der Waals surface area contributed by atoms with Crippen molar-refractivity contribution in [2.24, 2.45) is 11.8 Å². The molecule has 0 heterocycles. The molecule has 5 heteroatoms. The van der Waals surface area contributed by atoms with Crippen LogP contribution in [0.3, 0.4) is 0 Å². The van der Waals surface area contributed by atoms with Crippen LogP contribution >= 0.6 is 0 Å². The Kier molecular flexibility index (Phi) is 4.85. The lowest BCUT2D eigenvalue weighted by molar-refractivity contribution is -0.146. The number of methoxy groups -OCH3 is 1. The Morgan fingerprint density at radius 1 is 1.09 bits per heavy atom. The zero-order valence-corrected chi connectivity index (χ0v) is 13.1. The van der Waals surface area contributed by atoms with Crippen LogP contribution in [0.1, 0.15) is 26.7 Å². The molecule has 0 radical (unpaired) electrons. The average Bonchev–Trinajstić information content (AvgIpc) is 2.50. The molecule has 0 aromatic heterocycles. The summed E-state index contributed by atoms with van der Waals surface area (Å²) in [5, 5.41) is 12.2. The van der Waals surface area contributed by atoms with Crippen molar-refractivity contribution >= 4 is 17.6 Å². The van der Waals surface area contributed by atoms with Crippen LogP contribution in [0.25, 0.3) is 0 Å². The third-order valence-electron chi connectivity index (χ3n) is 4.28. The summed E-state index contributed by atoms with van der Waals surface area (Å²) in [7, 11) is 1.57. The second kappa shape index (κ2) is 6.64. The van der Waals surface area contributed by atoms with Crippen LogP contribution in [-0.4, -0.2) is 24.1 Å². The molecule has 0 saturated heterocycles. The molecule has 5 nitrogen and oxygen atoms in total. The molecule has 2 N–H and O–H groups in total. The fraction of sp³-hybridized carbons (Fsp3) is 0.412. The highest BCUT2D eigenvalue weighted by Gasteiger charge is 2.37. The van der Waals surface area contributed by atoms with E-state index in [4.69, 9.17) is 4.74 Å². The van der Waals surface area contributed by atoms with E-state index in [0.717, 1.165) is 11.1 Å². The number of aliphatic carboxylic acids is 1. The van der Waals surface area contributed by atoms with Gasteiger partial charge in [0.25, 0.3) is 0 Å². The molecule has 0 fully saturated rings. The van der Waals surface area contributed by atoms with Gasteiger partial charge in [-0.25, -0.2) is 0 Å². The summed E-state index contributed by atoms with van der Waals surface area (Å²) in [4.78, 5) is 23.9. The number of nitrogens with one attached hydrogen (secondary N) is 1. The molecule has 1 amide bonds. The van der Waals surface area contributed by atoms with Gasteiger partial charge in [-0.2, -0.15) is 0 Å². The van der Waals surface area contributed by atoms with E-state index in [1.807, 2.05) is 13.8 Å². The van der Waals surface area contributed by atoms with Gasteiger partial charge >= 0.3 is 5.97 Å². The first-order valence-electron chi connectivity index (χ1n) is 7.25. The third-order valence-corrected chi connectivity index (χ3v) is 4.28. The van der Waals surface area contributed by atoms with Gasteiger partial charge < -0.3 is 15.2 Å². The molecular weight excluding hydrogens is 282 g/mol. The Morgan fingerprint density at radius 2 is 1.64 bits per heavy atom. The van der Waals surface area contributed by atoms with Crippen molar-refractivity contribution in [3.63, 3.8) is 0 Å². The summed E-state index contributed by atoms with van der Waals surface area (Å²) in [5.41, 5.74) is 2.81. The van der Waals surface area contributed by atoms with Gasteiger partial charge in [0, 0.05) is 5.69 Å². The van der Waals surface area contributed by atoms with Crippen molar-refractivity contribution in [1.82, 2.24) is 0 Å². The zero-order chi connectivity index (χ0) is 16.3. The number of hydrogen-bond donors (Lipinski definition) is 2. The van der Waals surface area contributed by atoms with E-state index in [9.17, 15) is 14.7 Å². The molecule has 118 valence electrons. The van der Waals surface area contributed by atoms with Crippen LogP contribution in [0.4, 0.5) is 5.69 Å². The number of carboxylic acids is 1. The van der Waals surface area contributed by atoms with Crippen LogP contribution in [0.2, 0.25) is 0 Å². The van der Waals surface area contributed by atoms with Gasteiger partial charge in [0.1, 0.15) is 5.75 Å². The number of hydrogen-bond acceptors (Lipinski definition) is 3. The van der Waals surface area contributed by atoms with Crippen molar-refractivity contribution < 1.29 is 19.4 Å². The molecule has 1 aromatic carbocycles. The maximum atomic E-state index is 12.5. The molecule has 0 aliphatic heterocycles. The molecular formula is C17H21NO4. The van der Waals surface area contributed by atoms with E-state index in [2.05, 4.69) is 5.32 Å². The number of carboxylic acid groups (broad SMARTS) is 1. The van der Waals surface area contributed by atoms with E-state index in [-0.39, 0.29) is 5.91 Å². The van der Waals surface area contributed by atoms with Gasteiger partial charge in [0.15, 0.2) is 0 Å². The van der Waals surface area contributed by atoms with Crippen LogP contribution in [-0.2, 0) is 9.59 Å². The lowest BCUT2D eigenvalue weighted by Crippen LogP contribution is -2.36. The molecule has 22 heavy (non-hydrogen) atoms. The number of carbonyl (C=O) groups is 2. The maximum absolute atomic E-state index is 12.5. The standard InChI is InChI=1S/C17H21NO4/c1-10-8-14(15(17(20)21)9-11(10)2)16(19)18-12-4-6-13(22-3)7-5-12/h4-7,14-15H,8-9H2,1-3H3,(H,18,19)(H,20,21). The third kappa shape index (κ3) is 3.47. The van der Waals surface area contributed by atoms with Crippen molar-refractivity contribution in [2.45, 2.75) is 26.7 Å². The predicted octanol–water partition coefficient (Wildman–Crippen LogP) is 3.08. The molecule has 0 bridgehead atoms. The molecule has 2 unspecified atom stereocenters. The Labute approximate surface area is 130 Å². The first-order chi connectivity index (χ1) is 10.4. The highest BCUT2D eigenvalue weighted by Crippen LogP contribution is 2.35. The van der Waals surface area contributed by atoms with Crippen LogP contribution in [0.5, 0.6) is 5.75 Å². The van der Waals surface area contributed by atoms with E-state index >= 15 is 0 Å². The second-order valence-electron chi connectivity index (χ2n) is 5.74. The fourth-order valence-corrected chi connectivity index (χ4v) is 2.74. The number of ether oxygens (including phenoxy) is 1. The predicted molar refractivity (Wildman–Crippen MR) is 83.8 cm³/mol. The number of carbonyl (C=O) groups excluding carboxylic acids is 1. The van der Waals surface area contributed by atoms with Gasteiger partial charge in [0.05, 0.1) is 18.9 Å². The quantitative estimate of drug-likeness (QED) is 0.838. The topological polar surface area (TPSA) is 75.6 Å². The van der Waals surface area contributed by atoms with Crippen LogP contribution < -0.4 is 10.1 Å². The highest BCUT2D eigenvalue weighted by molar-refractivity contribution is 5.95. The summed E-state index contributed by atoms with van der Waals surface area (Å²) >= 11 is 0. The fourth-order valence-electron chi connectivity index (χ4n) is 2.74. The van der Waals surface area contributed by atoms with E-state index in [1.54, 1.807) is 31.4 Å². The first kappa shape index (κ1) is 16.1. The van der Waals surface area contributed by atoms with Crippen molar-refractivity contribution in [2.75, 3.05) is 12.4 Å². The second-order valence-corrected chi connectivity index (χ2v) is 5.74.